The van der Waals surface area contributed by atoms with Crippen molar-refractivity contribution in [2.24, 2.45) is 5.41 Å². The largest absolute Gasteiger partial charge is 0.465 e. The van der Waals surface area contributed by atoms with Crippen LogP contribution in [0.15, 0.2) is 14.7 Å². The normalized spacial score (nSPS) is 12.4. The zero-order chi connectivity index (χ0) is 15.6. The van der Waals surface area contributed by atoms with E-state index in [1.807, 2.05) is 0 Å². The second-order valence-corrected chi connectivity index (χ2v) is 8.99. The highest BCUT2D eigenvalue weighted by atomic mass is 79.9. The number of halogens is 1. The van der Waals surface area contributed by atoms with Gasteiger partial charge in [-0.2, -0.15) is 0 Å². The number of methoxy groups -OCH3 is 1. The monoisotopic (exact) mass is 385 g/mol. The predicted molar refractivity (Wildman–Crippen MR) is 79.4 cm³/mol. The number of carbonyl (C=O) groups is 1. The molecule has 9 heteroatoms. The first-order chi connectivity index (χ1) is 9.13. The van der Waals surface area contributed by atoms with Crippen molar-refractivity contribution in [1.82, 2.24) is 4.72 Å². The Hall–Kier alpha value is -0.480. The molecule has 2 N–H and O–H groups in total. The number of esters is 1. The van der Waals surface area contributed by atoms with Crippen LogP contribution in [0.5, 0.6) is 0 Å². The van der Waals surface area contributed by atoms with Gasteiger partial charge in [0.1, 0.15) is 9.77 Å². The molecular weight excluding hydrogens is 370 g/mol. The molecule has 1 rings (SSSR count). The topological polar surface area (TPSA) is 92.7 Å². The lowest BCUT2D eigenvalue weighted by molar-refractivity contribution is 0.0606. The number of ether oxygens (including phenoxy) is 1. The van der Waals surface area contributed by atoms with E-state index in [2.05, 4.69) is 25.4 Å². The molecule has 0 aliphatic carbocycles. The van der Waals surface area contributed by atoms with Gasteiger partial charge in [-0.1, -0.05) is 13.8 Å². The number of hydrogen-bond donors (Lipinski definition) is 2. The van der Waals surface area contributed by atoms with Crippen molar-refractivity contribution in [3.05, 3.63) is 14.7 Å². The smallest absolute Gasteiger partial charge is 0.348 e. The van der Waals surface area contributed by atoms with E-state index in [1.165, 1.54) is 13.2 Å². The zero-order valence-corrected chi connectivity index (χ0v) is 14.5. The SMILES string of the molecule is COC(=O)c1cc(S(=O)(=O)NCC(C)(C)CO)c(Br)s1. The van der Waals surface area contributed by atoms with Crippen molar-refractivity contribution in [3.8, 4) is 0 Å². The summed E-state index contributed by atoms with van der Waals surface area (Å²) in [7, 11) is -2.53. The van der Waals surface area contributed by atoms with Gasteiger partial charge >= 0.3 is 5.97 Å². The third kappa shape index (κ3) is 4.26. The van der Waals surface area contributed by atoms with Gasteiger partial charge in [0, 0.05) is 18.6 Å². The Morgan fingerprint density at radius 1 is 1.55 bits per heavy atom. The quantitative estimate of drug-likeness (QED) is 0.725. The summed E-state index contributed by atoms with van der Waals surface area (Å²) in [5.74, 6) is -0.590. The molecule has 1 aromatic heterocycles. The molecule has 0 saturated carbocycles. The molecular formula is C11H16BrNO5S2. The van der Waals surface area contributed by atoms with Crippen LogP contribution >= 0.6 is 27.3 Å². The number of hydrogen-bond acceptors (Lipinski definition) is 6. The summed E-state index contributed by atoms with van der Waals surface area (Å²) in [5.41, 5.74) is -0.569. The van der Waals surface area contributed by atoms with Crippen molar-refractivity contribution in [2.45, 2.75) is 18.7 Å². The van der Waals surface area contributed by atoms with Crippen molar-refractivity contribution >= 4 is 43.3 Å². The molecule has 0 spiro atoms. The van der Waals surface area contributed by atoms with E-state index in [4.69, 9.17) is 5.11 Å². The molecule has 0 radical (unpaired) electrons. The summed E-state index contributed by atoms with van der Waals surface area (Å²) in [4.78, 5) is 11.6. The van der Waals surface area contributed by atoms with Crippen LogP contribution in [0.4, 0.5) is 0 Å². The molecule has 6 nitrogen and oxygen atoms in total. The summed E-state index contributed by atoms with van der Waals surface area (Å²) in [6, 6.07) is 1.26. The summed E-state index contributed by atoms with van der Waals surface area (Å²) >= 11 is 4.12. The summed E-state index contributed by atoms with van der Waals surface area (Å²) < 4.78 is 31.6. The molecule has 0 unspecified atom stereocenters. The Morgan fingerprint density at radius 2 is 2.15 bits per heavy atom. The maximum absolute atomic E-state index is 12.2. The average molecular weight is 386 g/mol. The van der Waals surface area contributed by atoms with E-state index in [1.54, 1.807) is 13.8 Å². The number of aliphatic hydroxyl groups is 1. The van der Waals surface area contributed by atoms with Crippen LogP contribution in [0, 0.1) is 5.41 Å². The number of nitrogens with one attached hydrogen (secondary N) is 1. The Labute approximate surface area is 130 Å². The fourth-order valence-corrected chi connectivity index (χ4v) is 4.88. The molecule has 1 aromatic rings. The van der Waals surface area contributed by atoms with Crippen LogP contribution in [0.3, 0.4) is 0 Å². The first kappa shape index (κ1) is 17.6. The molecule has 0 aromatic carbocycles. The standard InChI is InChI=1S/C11H16BrNO5S2/c1-11(2,6-14)5-13-20(16,17)8-4-7(10(15)18-3)19-9(8)12/h4,13-14H,5-6H2,1-3H3. The first-order valence-electron chi connectivity index (χ1n) is 5.61. The predicted octanol–water partition coefficient (Wildman–Crippen LogP) is 1.59. The lowest BCUT2D eigenvalue weighted by atomic mass is 9.96. The Balaban J connectivity index is 2.99. The van der Waals surface area contributed by atoms with Crippen LogP contribution in [0.25, 0.3) is 0 Å². The zero-order valence-electron chi connectivity index (χ0n) is 11.3. The molecule has 0 atom stereocenters. The minimum absolute atomic E-state index is 0.0170. The van der Waals surface area contributed by atoms with Gasteiger partial charge in [0.2, 0.25) is 10.0 Å². The highest BCUT2D eigenvalue weighted by molar-refractivity contribution is 9.11. The average Bonchev–Trinajstić information content (AvgIpc) is 2.79. The van der Waals surface area contributed by atoms with E-state index in [-0.39, 0.29) is 22.9 Å². The molecule has 0 bridgehead atoms. The van der Waals surface area contributed by atoms with E-state index < -0.39 is 21.4 Å². The maximum Gasteiger partial charge on any atom is 0.348 e. The van der Waals surface area contributed by atoms with Crippen molar-refractivity contribution in [3.63, 3.8) is 0 Å². The third-order valence-electron chi connectivity index (χ3n) is 2.50. The molecule has 0 aliphatic rings. The molecule has 0 saturated heterocycles. The maximum atomic E-state index is 12.2. The van der Waals surface area contributed by atoms with Crippen LogP contribution in [-0.2, 0) is 14.8 Å². The van der Waals surface area contributed by atoms with Crippen molar-refractivity contribution in [1.29, 1.82) is 0 Å². The summed E-state index contributed by atoms with van der Waals surface area (Å²) in [6.45, 7) is 3.41. The van der Waals surface area contributed by atoms with Crippen molar-refractivity contribution in [2.75, 3.05) is 20.3 Å². The fraction of sp³-hybridized carbons (Fsp3) is 0.545. The third-order valence-corrected chi connectivity index (χ3v) is 6.13. The Kier molecular flexibility index (Phi) is 5.73. The van der Waals surface area contributed by atoms with E-state index >= 15 is 0 Å². The van der Waals surface area contributed by atoms with Crippen LogP contribution in [0.2, 0.25) is 0 Å². The van der Waals surface area contributed by atoms with Crippen LogP contribution < -0.4 is 4.72 Å². The number of thiophene rings is 1. The van der Waals surface area contributed by atoms with Gasteiger partial charge in [-0.15, -0.1) is 11.3 Å². The minimum Gasteiger partial charge on any atom is -0.465 e. The molecule has 20 heavy (non-hydrogen) atoms. The second-order valence-electron chi connectivity index (χ2n) is 4.89. The van der Waals surface area contributed by atoms with Gasteiger partial charge in [-0.05, 0) is 22.0 Å². The van der Waals surface area contributed by atoms with Crippen LogP contribution in [-0.4, -0.2) is 39.8 Å². The Morgan fingerprint density at radius 3 is 2.65 bits per heavy atom. The first-order valence-corrected chi connectivity index (χ1v) is 8.70. The van der Waals surface area contributed by atoms with E-state index in [9.17, 15) is 13.2 Å². The fourth-order valence-electron chi connectivity index (χ4n) is 1.16. The Bertz CT molecular complexity index is 594. The lowest BCUT2D eigenvalue weighted by Gasteiger charge is -2.21. The highest BCUT2D eigenvalue weighted by Gasteiger charge is 2.26. The number of carbonyl (C=O) groups excluding carboxylic acids is 1. The lowest BCUT2D eigenvalue weighted by Crippen LogP contribution is -2.36. The summed E-state index contributed by atoms with van der Waals surface area (Å²) in [6.07, 6.45) is 0. The molecule has 114 valence electrons. The van der Waals surface area contributed by atoms with E-state index in [0.717, 1.165) is 11.3 Å². The number of rotatable bonds is 6. The number of sulfonamides is 1. The molecule has 0 amide bonds. The minimum atomic E-state index is -3.76. The van der Waals surface area contributed by atoms with Gasteiger partial charge < -0.3 is 9.84 Å². The molecule has 0 fully saturated rings. The number of aliphatic hydroxyl groups excluding tert-OH is 1. The highest BCUT2D eigenvalue weighted by Crippen LogP contribution is 2.32. The van der Waals surface area contributed by atoms with Gasteiger partial charge in [0.25, 0.3) is 0 Å². The van der Waals surface area contributed by atoms with Crippen molar-refractivity contribution < 1.29 is 23.1 Å². The van der Waals surface area contributed by atoms with Gasteiger partial charge in [0.05, 0.1) is 10.9 Å². The van der Waals surface area contributed by atoms with Crippen LogP contribution in [0.1, 0.15) is 23.5 Å². The van der Waals surface area contributed by atoms with Gasteiger partial charge in [-0.25, -0.2) is 17.9 Å². The van der Waals surface area contributed by atoms with Gasteiger partial charge in [0.15, 0.2) is 0 Å². The van der Waals surface area contributed by atoms with E-state index in [0.29, 0.717) is 3.79 Å². The second kappa shape index (κ2) is 6.52. The van der Waals surface area contributed by atoms with Gasteiger partial charge in [-0.3, -0.25) is 0 Å². The molecule has 1 heterocycles. The molecule has 0 aliphatic heterocycles. The summed E-state index contributed by atoms with van der Waals surface area (Å²) in [5, 5.41) is 9.12.